The molecule has 0 aliphatic rings. The van der Waals surface area contributed by atoms with Crippen LogP contribution in [0.5, 0.6) is 0 Å². The van der Waals surface area contributed by atoms with E-state index in [-0.39, 0.29) is 12.6 Å². The monoisotopic (exact) mass is 207 g/mol. The maximum absolute atomic E-state index is 8.96. The molecule has 2 rings (SSSR count). The minimum absolute atomic E-state index is 0.0997. The van der Waals surface area contributed by atoms with E-state index in [0.29, 0.717) is 0 Å². The van der Waals surface area contributed by atoms with E-state index < -0.39 is 0 Å². The van der Waals surface area contributed by atoms with Crippen LogP contribution in [0, 0.1) is 0 Å². The van der Waals surface area contributed by atoms with Gasteiger partial charge in [-0.15, -0.1) is 11.3 Å². The van der Waals surface area contributed by atoms with Crippen molar-refractivity contribution in [3.63, 3.8) is 0 Å². The van der Waals surface area contributed by atoms with Crippen molar-refractivity contribution in [2.24, 2.45) is 0 Å². The van der Waals surface area contributed by atoms with Crippen LogP contribution in [0.25, 0.3) is 10.1 Å². The Kier molecular flexibility index (Phi) is 2.70. The molecule has 0 aliphatic carbocycles. The quantitative estimate of drug-likeness (QED) is 0.811. The third-order valence-corrected chi connectivity index (χ3v) is 3.12. The lowest BCUT2D eigenvalue weighted by Crippen LogP contribution is -2.19. The van der Waals surface area contributed by atoms with Gasteiger partial charge >= 0.3 is 0 Å². The molecule has 1 aromatic heterocycles. The first-order valence-corrected chi connectivity index (χ1v) is 5.53. The highest BCUT2D eigenvalue weighted by Crippen LogP contribution is 2.28. The third kappa shape index (κ3) is 1.74. The van der Waals surface area contributed by atoms with Gasteiger partial charge in [-0.1, -0.05) is 12.1 Å². The fourth-order valence-electron chi connectivity index (χ4n) is 1.42. The molecule has 2 nitrogen and oxygen atoms in total. The molecule has 0 saturated heterocycles. The van der Waals surface area contributed by atoms with Crippen LogP contribution >= 0.6 is 11.3 Å². The van der Waals surface area contributed by atoms with E-state index in [9.17, 15) is 0 Å². The van der Waals surface area contributed by atoms with Crippen molar-refractivity contribution < 1.29 is 5.11 Å². The number of hydrogen-bond donors (Lipinski definition) is 2. The van der Waals surface area contributed by atoms with E-state index in [2.05, 4.69) is 22.8 Å². The van der Waals surface area contributed by atoms with Crippen molar-refractivity contribution in [2.75, 3.05) is 11.9 Å². The van der Waals surface area contributed by atoms with E-state index in [0.717, 1.165) is 5.69 Å². The van der Waals surface area contributed by atoms with Crippen LogP contribution in [0.3, 0.4) is 0 Å². The summed E-state index contributed by atoms with van der Waals surface area (Å²) in [5.74, 6) is 0. The molecule has 2 N–H and O–H groups in total. The first kappa shape index (κ1) is 9.49. The maximum Gasteiger partial charge on any atom is 0.0630 e. The van der Waals surface area contributed by atoms with Gasteiger partial charge in [0, 0.05) is 6.04 Å². The Bertz CT molecular complexity index is 424. The normalized spacial score (nSPS) is 13.0. The van der Waals surface area contributed by atoms with Gasteiger partial charge in [-0.05, 0) is 29.8 Å². The molecule has 2 aromatic rings. The Morgan fingerprint density at radius 2 is 2.29 bits per heavy atom. The summed E-state index contributed by atoms with van der Waals surface area (Å²) in [5.41, 5.74) is 1.11. The SMILES string of the molecule is C[C@@H](CO)Nc1cccc2ccsc12. The average Bonchev–Trinajstić information content (AvgIpc) is 2.66. The van der Waals surface area contributed by atoms with E-state index in [4.69, 9.17) is 5.11 Å². The minimum atomic E-state index is 0.0997. The number of rotatable bonds is 3. The number of anilines is 1. The lowest BCUT2D eigenvalue weighted by atomic mass is 10.2. The molecule has 0 spiro atoms. The summed E-state index contributed by atoms with van der Waals surface area (Å²) in [6.07, 6.45) is 0. The zero-order valence-corrected chi connectivity index (χ0v) is 8.84. The van der Waals surface area contributed by atoms with Gasteiger partial charge < -0.3 is 10.4 Å². The number of thiophene rings is 1. The molecule has 0 bridgehead atoms. The number of nitrogens with one attached hydrogen (secondary N) is 1. The average molecular weight is 207 g/mol. The first-order valence-electron chi connectivity index (χ1n) is 4.65. The lowest BCUT2D eigenvalue weighted by Gasteiger charge is -2.12. The molecule has 1 aromatic carbocycles. The van der Waals surface area contributed by atoms with Gasteiger partial charge in [-0.25, -0.2) is 0 Å². The maximum atomic E-state index is 8.96. The third-order valence-electron chi connectivity index (χ3n) is 2.15. The molecule has 74 valence electrons. The Labute approximate surface area is 87.2 Å². The summed E-state index contributed by atoms with van der Waals surface area (Å²) in [5, 5.41) is 15.6. The second-order valence-electron chi connectivity index (χ2n) is 3.37. The van der Waals surface area contributed by atoms with Crippen LogP contribution in [0.1, 0.15) is 6.92 Å². The number of aliphatic hydroxyl groups excluding tert-OH is 1. The fourth-order valence-corrected chi connectivity index (χ4v) is 2.29. The number of aliphatic hydroxyl groups is 1. The van der Waals surface area contributed by atoms with E-state index in [1.807, 2.05) is 19.1 Å². The summed E-state index contributed by atoms with van der Waals surface area (Å²) in [6, 6.07) is 8.38. The smallest absolute Gasteiger partial charge is 0.0630 e. The van der Waals surface area contributed by atoms with Gasteiger partial charge in [0.1, 0.15) is 0 Å². The van der Waals surface area contributed by atoms with Crippen molar-refractivity contribution in [3.05, 3.63) is 29.6 Å². The van der Waals surface area contributed by atoms with Crippen molar-refractivity contribution in [2.45, 2.75) is 13.0 Å². The molecule has 0 fully saturated rings. The Morgan fingerprint density at radius 1 is 1.43 bits per heavy atom. The van der Waals surface area contributed by atoms with Gasteiger partial charge in [-0.3, -0.25) is 0 Å². The highest BCUT2D eigenvalue weighted by atomic mass is 32.1. The molecule has 0 amide bonds. The zero-order valence-electron chi connectivity index (χ0n) is 8.03. The Balaban J connectivity index is 2.36. The summed E-state index contributed by atoms with van der Waals surface area (Å²) >= 11 is 1.72. The molecule has 1 heterocycles. The van der Waals surface area contributed by atoms with Crippen molar-refractivity contribution >= 4 is 27.1 Å². The number of hydrogen-bond acceptors (Lipinski definition) is 3. The highest BCUT2D eigenvalue weighted by Gasteiger charge is 2.04. The summed E-state index contributed by atoms with van der Waals surface area (Å²) in [4.78, 5) is 0. The van der Waals surface area contributed by atoms with Crippen molar-refractivity contribution in [3.8, 4) is 0 Å². The van der Waals surface area contributed by atoms with Crippen molar-refractivity contribution in [1.29, 1.82) is 0 Å². The molecular formula is C11H13NOS. The topological polar surface area (TPSA) is 32.3 Å². The van der Waals surface area contributed by atoms with Crippen LogP contribution in [0.4, 0.5) is 5.69 Å². The second-order valence-corrected chi connectivity index (χ2v) is 4.29. The van der Waals surface area contributed by atoms with E-state index >= 15 is 0 Å². The number of benzene rings is 1. The predicted octanol–water partition coefficient (Wildman–Crippen LogP) is 2.69. The Morgan fingerprint density at radius 3 is 3.07 bits per heavy atom. The second kappa shape index (κ2) is 3.98. The minimum Gasteiger partial charge on any atom is -0.394 e. The highest BCUT2D eigenvalue weighted by molar-refractivity contribution is 7.17. The summed E-state index contributed by atoms with van der Waals surface area (Å²) < 4.78 is 1.26. The molecule has 0 unspecified atom stereocenters. The largest absolute Gasteiger partial charge is 0.394 e. The van der Waals surface area contributed by atoms with Crippen LogP contribution in [-0.2, 0) is 0 Å². The van der Waals surface area contributed by atoms with Gasteiger partial charge in [0.2, 0.25) is 0 Å². The van der Waals surface area contributed by atoms with Crippen LogP contribution in [-0.4, -0.2) is 17.8 Å². The van der Waals surface area contributed by atoms with Crippen LogP contribution in [0.15, 0.2) is 29.6 Å². The summed E-state index contributed by atoms with van der Waals surface area (Å²) in [6.45, 7) is 2.12. The zero-order chi connectivity index (χ0) is 9.97. The van der Waals surface area contributed by atoms with Crippen molar-refractivity contribution in [1.82, 2.24) is 0 Å². The first-order chi connectivity index (χ1) is 6.81. The van der Waals surface area contributed by atoms with E-state index in [1.54, 1.807) is 11.3 Å². The van der Waals surface area contributed by atoms with Gasteiger partial charge in [-0.2, -0.15) is 0 Å². The number of fused-ring (bicyclic) bond motifs is 1. The Hall–Kier alpha value is -1.06. The molecule has 0 saturated carbocycles. The fraction of sp³-hybridized carbons (Fsp3) is 0.273. The molecule has 0 radical (unpaired) electrons. The molecule has 1 atom stereocenters. The van der Waals surface area contributed by atoms with Crippen LogP contribution < -0.4 is 5.32 Å². The lowest BCUT2D eigenvalue weighted by molar-refractivity contribution is 0.281. The van der Waals surface area contributed by atoms with Gasteiger partial charge in [0.25, 0.3) is 0 Å². The molecule has 3 heteroatoms. The van der Waals surface area contributed by atoms with Gasteiger partial charge in [0.05, 0.1) is 17.0 Å². The predicted molar refractivity (Wildman–Crippen MR) is 62.0 cm³/mol. The van der Waals surface area contributed by atoms with Gasteiger partial charge in [0.15, 0.2) is 0 Å². The van der Waals surface area contributed by atoms with E-state index in [1.165, 1.54) is 10.1 Å². The summed E-state index contributed by atoms with van der Waals surface area (Å²) in [7, 11) is 0. The standard InChI is InChI=1S/C11H13NOS/c1-8(7-13)12-10-4-2-3-9-5-6-14-11(9)10/h2-6,8,12-13H,7H2,1H3/t8-/m0/s1. The molecular weight excluding hydrogens is 194 g/mol. The molecule has 0 aliphatic heterocycles. The molecule has 14 heavy (non-hydrogen) atoms. The van der Waals surface area contributed by atoms with Crippen LogP contribution in [0.2, 0.25) is 0 Å².